The molecule has 1 atom stereocenters. The summed E-state index contributed by atoms with van der Waals surface area (Å²) in [5.41, 5.74) is 0.845. The minimum atomic E-state index is -0.358. The van der Waals surface area contributed by atoms with Crippen molar-refractivity contribution in [1.29, 1.82) is 0 Å². The Bertz CT molecular complexity index is 414. The molecule has 1 aromatic rings. The van der Waals surface area contributed by atoms with E-state index in [0.29, 0.717) is 18.2 Å². The third kappa shape index (κ3) is 2.55. The van der Waals surface area contributed by atoms with Crippen molar-refractivity contribution in [2.45, 2.75) is 25.3 Å². The SMILES string of the molecule is COc1cccc(CC2CCCN2)c1[N+](=O)[O-]. The topological polar surface area (TPSA) is 64.4 Å². The molecule has 1 N–H and O–H groups in total. The van der Waals surface area contributed by atoms with Crippen LogP contribution in [0.5, 0.6) is 5.75 Å². The lowest BCUT2D eigenvalue weighted by molar-refractivity contribution is -0.386. The van der Waals surface area contributed by atoms with Crippen LogP contribution in [0.25, 0.3) is 0 Å². The lowest BCUT2D eigenvalue weighted by atomic mass is 10.0. The number of methoxy groups -OCH3 is 1. The van der Waals surface area contributed by atoms with Crippen LogP contribution >= 0.6 is 0 Å². The number of para-hydroxylation sites is 1. The fourth-order valence-electron chi connectivity index (χ4n) is 2.30. The zero-order valence-corrected chi connectivity index (χ0v) is 9.81. The van der Waals surface area contributed by atoms with Crippen LogP contribution in [0.3, 0.4) is 0 Å². The van der Waals surface area contributed by atoms with Crippen LogP contribution < -0.4 is 10.1 Å². The summed E-state index contributed by atoms with van der Waals surface area (Å²) < 4.78 is 5.05. The molecule has 17 heavy (non-hydrogen) atoms. The molecule has 5 heteroatoms. The fourth-order valence-corrected chi connectivity index (χ4v) is 2.30. The fraction of sp³-hybridized carbons (Fsp3) is 0.500. The van der Waals surface area contributed by atoms with Crippen molar-refractivity contribution in [2.24, 2.45) is 0 Å². The van der Waals surface area contributed by atoms with Crippen molar-refractivity contribution >= 4 is 5.69 Å². The third-order valence-corrected chi connectivity index (χ3v) is 3.11. The molecule has 1 fully saturated rings. The average Bonchev–Trinajstić information content (AvgIpc) is 2.81. The zero-order valence-electron chi connectivity index (χ0n) is 9.81. The van der Waals surface area contributed by atoms with Crippen molar-refractivity contribution in [3.8, 4) is 5.75 Å². The molecule has 0 radical (unpaired) electrons. The second kappa shape index (κ2) is 5.14. The standard InChI is InChI=1S/C12H16N2O3/c1-17-11-6-2-4-9(12(11)14(15)16)8-10-5-3-7-13-10/h2,4,6,10,13H,3,5,7-8H2,1H3. The number of nitro benzene ring substituents is 1. The first-order valence-corrected chi connectivity index (χ1v) is 5.76. The maximum Gasteiger partial charge on any atom is 0.314 e. The Labute approximate surface area is 99.9 Å². The molecule has 0 bridgehead atoms. The minimum absolute atomic E-state index is 0.101. The summed E-state index contributed by atoms with van der Waals surface area (Å²) in [6.07, 6.45) is 2.91. The largest absolute Gasteiger partial charge is 0.490 e. The van der Waals surface area contributed by atoms with Crippen molar-refractivity contribution in [1.82, 2.24) is 5.32 Å². The zero-order chi connectivity index (χ0) is 12.3. The summed E-state index contributed by atoms with van der Waals surface area (Å²) in [5.74, 6) is 0.338. The van der Waals surface area contributed by atoms with Crippen LogP contribution in [0.1, 0.15) is 18.4 Å². The van der Waals surface area contributed by atoms with E-state index < -0.39 is 0 Å². The van der Waals surface area contributed by atoms with Gasteiger partial charge in [-0.2, -0.15) is 0 Å². The number of hydrogen-bond acceptors (Lipinski definition) is 4. The molecule has 0 amide bonds. The van der Waals surface area contributed by atoms with Gasteiger partial charge in [0.2, 0.25) is 0 Å². The molecule has 0 aromatic heterocycles. The second-order valence-electron chi connectivity index (χ2n) is 4.22. The predicted octanol–water partition coefficient (Wildman–Crippen LogP) is 1.90. The Balaban J connectivity index is 2.28. The highest BCUT2D eigenvalue weighted by atomic mass is 16.6. The molecule has 1 heterocycles. The number of ether oxygens (including phenoxy) is 1. The molecule has 2 rings (SSSR count). The number of rotatable bonds is 4. The van der Waals surface area contributed by atoms with Gasteiger partial charge in [0, 0.05) is 11.6 Å². The molecule has 1 unspecified atom stereocenters. The Morgan fingerprint density at radius 3 is 3.00 bits per heavy atom. The molecule has 5 nitrogen and oxygen atoms in total. The summed E-state index contributed by atoms with van der Waals surface area (Å²) in [4.78, 5) is 10.7. The van der Waals surface area contributed by atoms with E-state index in [2.05, 4.69) is 5.32 Å². The van der Waals surface area contributed by atoms with Gasteiger partial charge in [0.05, 0.1) is 12.0 Å². The maximum atomic E-state index is 11.1. The van der Waals surface area contributed by atoms with Crippen LogP contribution in [0.15, 0.2) is 18.2 Å². The van der Waals surface area contributed by atoms with E-state index in [9.17, 15) is 10.1 Å². The van der Waals surface area contributed by atoms with Gasteiger partial charge in [0.15, 0.2) is 5.75 Å². The first kappa shape index (κ1) is 11.9. The summed E-state index contributed by atoms with van der Waals surface area (Å²) in [7, 11) is 1.46. The molecular weight excluding hydrogens is 220 g/mol. The Kier molecular flexibility index (Phi) is 3.58. The van der Waals surface area contributed by atoms with Crippen molar-refractivity contribution < 1.29 is 9.66 Å². The maximum absolute atomic E-state index is 11.1. The highest BCUT2D eigenvalue weighted by Crippen LogP contribution is 2.31. The van der Waals surface area contributed by atoms with E-state index >= 15 is 0 Å². The molecule has 1 aliphatic rings. The van der Waals surface area contributed by atoms with E-state index in [4.69, 9.17) is 4.74 Å². The molecular formula is C12H16N2O3. The highest BCUT2D eigenvalue weighted by molar-refractivity contribution is 5.53. The summed E-state index contributed by atoms with van der Waals surface area (Å²) in [5, 5.41) is 14.4. The van der Waals surface area contributed by atoms with Gasteiger partial charge in [-0.25, -0.2) is 0 Å². The Morgan fingerprint density at radius 2 is 2.41 bits per heavy atom. The van der Waals surface area contributed by atoms with Gasteiger partial charge >= 0.3 is 5.69 Å². The van der Waals surface area contributed by atoms with Gasteiger partial charge < -0.3 is 10.1 Å². The predicted molar refractivity (Wildman–Crippen MR) is 64.4 cm³/mol. The average molecular weight is 236 g/mol. The van der Waals surface area contributed by atoms with Crippen LogP contribution in [0, 0.1) is 10.1 Å². The highest BCUT2D eigenvalue weighted by Gasteiger charge is 2.23. The van der Waals surface area contributed by atoms with Gasteiger partial charge in [-0.15, -0.1) is 0 Å². The number of nitro groups is 1. The molecule has 1 aliphatic heterocycles. The van der Waals surface area contributed by atoms with Crippen molar-refractivity contribution in [2.75, 3.05) is 13.7 Å². The van der Waals surface area contributed by atoms with Crippen LogP contribution in [0.2, 0.25) is 0 Å². The second-order valence-corrected chi connectivity index (χ2v) is 4.22. The van der Waals surface area contributed by atoms with E-state index in [1.165, 1.54) is 7.11 Å². The van der Waals surface area contributed by atoms with Gasteiger partial charge in [-0.3, -0.25) is 10.1 Å². The van der Waals surface area contributed by atoms with Gasteiger partial charge in [0.1, 0.15) is 0 Å². The Morgan fingerprint density at radius 1 is 1.59 bits per heavy atom. The number of nitrogens with one attached hydrogen (secondary N) is 1. The van der Waals surface area contributed by atoms with Gasteiger partial charge in [0.25, 0.3) is 0 Å². The van der Waals surface area contributed by atoms with Crippen LogP contribution in [-0.4, -0.2) is 24.6 Å². The first-order valence-electron chi connectivity index (χ1n) is 5.76. The van der Waals surface area contributed by atoms with E-state index in [0.717, 1.165) is 24.9 Å². The van der Waals surface area contributed by atoms with E-state index in [1.807, 2.05) is 0 Å². The molecule has 0 aliphatic carbocycles. The Hall–Kier alpha value is -1.62. The monoisotopic (exact) mass is 236 g/mol. The molecule has 92 valence electrons. The van der Waals surface area contributed by atoms with Gasteiger partial charge in [-0.1, -0.05) is 12.1 Å². The van der Waals surface area contributed by atoms with Crippen molar-refractivity contribution in [3.63, 3.8) is 0 Å². The summed E-state index contributed by atoms with van der Waals surface area (Å²) in [6.45, 7) is 1.00. The minimum Gasteiger partial charge on any atom is -0.490 e. The number of hydrogen-bond donors (Lipinski definition) is 1. The van der Waals surface area contributed by atoms with Crippen LogP contribution in [0.4, 0.5) is 5.69 Å². The normalized spacial score (nSPS) is 19.2. The lowest BCUT2D eigenvalue weighted by Gasteiger charge is -2.11. The molecule has 0 spiro atoms. The lowest BCUT2D eigenvalue weighted by Crippen LogP contribution is -2.24. The van der Waals surface area contributed by atoms with Crippen molar-refractivity contribution in [3.05, 3.63) is 33.9 Å². The van der Waals surface area contributed by atoms with Gasteiger partial charge in [-0.05, 0) is 31.9 Å². The van der Waals surface area contributed by atoms with Crippen LogP contribution in [-0.2, 0) is 6.42 Å². The molecule has 1 aromatic carbocycles. The summed E-state index contributed by atoms with van der Waals surface area (Å²) in [6, 6.07) is 5.58. The molecule has 0 saturated carbocycles. The molecule has 1 saturated heterocycles. The smallest absolute Gasteiger partial charge is 0.314 e. The quantitative estimate of drug-likeness (QED) is 0.640. The number of nitrogens with zero attached hydrogens (tertiary/aromatic N) is 1. The third-order valence-electron chi connectivity index (χ3n) is 3.11. The van der Waals surface area contributed by atoms with E-state index in [1.54, 1.807) is 18.2 Å². The first-order chi connectivity index (χ1) is 8.22. The summed E-state index contributed by atoms with van der Waals surface area (Å²) >= 11 is 0. The number of benzene rings is 1. The van der Waals surface area contributed by atoms with E-state index in [-0.39, 0.29) is 10.6 Å².